The van der Waals surface area contributed by atoms with E-state index in [9.17, 15) is 10.1 Å². The number of benzene rings is 1. The van der Waals surface area contributed by atoms with Gasteiger partial charge in [0.1, 0.15) is 5.82 Å². The van der Waals surface area contributed by atoms with Crippen LogP contribution in [0.15, 0.2) is 30.5 Å². The number of rotatable bonds is 5. The molecule has 0 aliphatic carbocycles. The van der Waals surface area contributed by atoms with Crippen molar-refractivity contribution in [2.24, 2.45) is 0 Å². The predicted molar refractivity (Wildman–Crippen MR) is 75.4 cm³/mol. The molecule has 0 spiro atoms. The number of aromatic nitrogens is 2. The molecule has 1 N–H and O–H groups in total. The molecule has 0 saturated carbocycles. The minimum atomic E-state index is -0.466. The van der Waals surface area contributed by atoms with E-state index in [1.807, 2.05) is 13.0 Å². The van der Waals surface area contributed by atoms with Crippen LogP contribution in [0.25, 0.3) is 0 Å². The smallest absolute Gasteiger partial charge is 0.270 e. The molecule has 1 aromatic heterocycles. The molecule has 20 heavy (non-hydrogen) atoms. The molecule has 7 heteroatoms. The van der Waals surface area contributed by atoms with Gasteiger partial charge in [-0.1, -0.05) is 11.6 Å². The second kappa shape index (κ2) is 6.40. The van der Waals surface area contributed by atoms with Gasteiger partial charge < -0.3 is 5.32 Å². The lowest BCUT2D eigenvalue weighted by molar-refractivity contribution is -0.384. The number of aryl methyl sites for hydroxylation is 1. The van der Waals surface area contributed by atoms with Gasteiger partial charge in [-0.15, -0.1) is 0 Å². The van der Waals surface area contributed by atoms with Gasteiger partial charge in [0.15, 0.2) is 0 Å². The van der Waals surface area contributed by atoms with Crippen molar-refractivity contribution < 1.29 is 4.92 Å². The van der Waals surface area contributed by atoms with Crippen molar-refractivity contribution >= 4 is 17.3 Å². The maximum Gasteiger partial charge on any atom is 0.270 e. The number of nitrogens with zero attached hydrogens (tertiary/aromatic N) is 3. The minimum Gasteiger partial charge on any atom is -0.307 e. The van der Waals surface area contributed by atoms with Crippen molar-refractivity contribution in [3.63, 3.8) is 0 Å². The number of hydrogen-bond acceptors (Lipinski definition) is 5. The van der Waals surface area contributed by atoms with E-state index in [4.69, 9.17) is 11.6 Å². The number of nitrogens with one attached hydrogen (secondary N) is 1. The first-order chi connectivity index (χ1) is 9.56. The molecular formula is C13H13ClN4O2. The Morgan fingerprint density at radius 3 is 2.80 bits per heavy atom. The zero-order chi connectivity index (χ0) is 14.5. The van der Waals surface area contributed by atoms with Crippen LogP contribution in [0.5, 0.6) is 0 Å². The molecule has 0 aliphatic heterocycles. The van der Waals surface area contributed by atoms with Crippen LogP contribution < -0.4 is 5.32 Å². The van der Waals surface area contributed by atoms with E-state index in [1.165, 1.54) is 12.1 Å². The van der Waals surface area contributed by atoms with Crippen LogP contribution in [-0.4, -0.2) is 14.9 Å². The molecule has 0 saturated heterocycles. The summed E-state index contributed by atoms with van der Waals surface area (Å²) in [6, 6.07) is 6.28. The molecule has 1 heterocycles. The highest BCUT2D eigenvalue weighted by molar-refractivity contribution is 6.31. The Labute approximate surface area is 121 Å². The van der Waals surface area contributed by atoms with Gasteiger partial charge in [-0.05, 0) is 24.6 Å². The van der Waals surface area contributed by atoms with Crippen LogP contribution in [0, 0.1) is 17.0 Å². The van der Waals surface area contributed by atoms with Crippen LogP contribution in [0.2, 0.25) is 5.02 Å². The molecule has 2 aromatic rings. The maximum atomic E-state index is 10.6. The molecule has 0 radical (unpaired) electrons. The van der Waals surface area contributed by atoms with Gasteiger partial charge in [0.05, 0.1) is 15.6 Å². The Morgan fingerprint density at radius 1 is 1.35 bits per heavy atom. The standard InChI is InChI=1S/C13H13ClN4O2/c1-9-16-5-4-11(17-9)8-15-7-10-2-3-12(18(19)20)6-13(10)14/h2-6,15H,7-8H2,1H3. The normalized spacial score (nSPS) is 10.5. The number of hydrogen-bond donors (Lipinski definition) is 1. The molecule has 0 amide bonds. The molecule has 104 valence electrons. The Kier molecular flexibility index (Phi) is 4.60. The van der Waals surface area contributed by atoms with Gasteiger partial charge in [0, 0.05) is 31.4 Å². The second-order valence-electron chi connectivity index (χ2n) is 4.23. The summed E-state index contributed by atoms with van der Waals surface area (Å²) in [6.07, 6.45) is 1.71. The largest absolute Gasteiger partial charge is 0.307 e. The Bertz CT molecular complexity index is 634. The van der Waals surface area contributed by atoms with Crippen molar-refractivity contribution in [2.75, 3.05) is 0 Å². The van der Waals surface area contributed by atoms with Gasteiger partial charge in [-0.2, -0.15) is 0 Å². The van der Waals surface area contributed by atoms with Crippen molar-refractivity contribution in [3.8, 4) is 0 Å². The van der Waals surface area contributed by atoms with Crippen molar-refractivity contribution in [3.05, 3.63) is 62.7 Å². The van der Waals surface area contributed by atoms with Gasteiger partial charge in [0.2, 0.25) is 0 Å². The van der Waals surface area contributed by atoms with E-state index < -0.39 is 4.92 Å². The summed E-state index contributed by atoms with van der Waals surface area (Å²) in [4.78, 5) is 18.4. The average molecular weight is 293 g/mol. The number of non-ortho nitro benzene ring substituents is 1. The zero-order valence-electron chi connectivity index (χ0n) is 10.8. The first-order valence-electron chi connectivity index (χ1n) is 5.98. The first-order valence-corrected chi connectivity index (χ1v) is 6.36. The van der Waals surface area contributed by atoms with E-state index in [0.717, 1.165) is 17.1 Å². The quantitative estimate of drug-likeness (QED) is 0.677. The highest BCUT2D eigenvalue weighted by atomic mass is 35.5. The zero-order valence-corrected chi connectivity index (χ0v) is 11.6. The van der Waals surface area contributed by atoms with Crippen molar-refractivity contribution in [2.45, 2.75) is 20.0 Å². The van der Waals surface area contributed by atoms with Crippen LogP contribution in [-0.2, 0) is 13.1 Å². The Hall–Kier alpha value is -2.05. The molecule has 1 aromatic carbocycles. The molecule has 0 unspecified atom stereocenters. The number of nitro groups is 1. The topological polar surface area (TPSA) is 81.0 Å². The third kappa shape index (κ3) is 3.72. The summed E-state index contributed by atoms with van der Waals surface area (Å²) >= 11 is 6.01. The number of halogens is 1. The summed E-state index contributed by atoms with van der Waals surface area (Å²) in [5.74, 6) is 0.720. The fraction of sp³-hybridized carbons (Fsp3) is 0.231. The molecule has 0 aliphatic rings. The van der Waals surface area contributed by atoms with E-state index in [2.05, 4.69) is 15.3 Å². The average Bonchev–Trinajstić information content (AvgIpc) is 2.40. The third-order valence-electron chi connectivity index (χ3n) is 2.70. The van der Waals surface area contributed by atoms with E-state index in [0.29, 0.717) is 18.1 Å². The molecule has 0 bridgehead atoms. The Balaban J connectivity index is 1.96. The SMILES string of the molecule is Cc1nccc(CNCc2ccc([N+](=O)[O-])cc2Cl)n1. The summed E-state index contributed by atoms with van der Waals surface area (Å²) in [7, 11) is 0. The lowest BCUT2D eigenvalue weighted by Gasteiger charge is -2.06. The number of nitro benzene ring substituents is 1. The fourth-order valence-corrected chi connectivity index (χ4v) is 1.96. The van der Waals surface area contributed by atoms with Gasteiger partial charge >= 0.3 is 0 Å². The fourth-order valence-electron chi connectivity index (χ4n) is 1.72. The second-order valence-corrected chi connectivity index (χ2v) is 4.64. The van der Waals surface area contributed by atoms with Gasteiger partial charge in [-0.3, -0.25) is 10.1 Å². The van der Waals surface area contributed by atoms with Gasteiger partial charge in [0.25, 0.3) is 5.69 Å². The maximum absolute atomic E-state index is 10.6. The lowest BCUT2D eigenvalue weighted by atomic mass is 10.2. The molecule has 6 nitrogen and oxygen atoms in total. The first kappa shape index (κ1) is 14.4. The van der Waals surface area contributed by atoms with Crippen LogP contribution >= 0.6 is 11.6 Å². The molecule has 0 fully saturated rings. The van der Waals surface area contributed by atoms with E-state index in [-0.39, 0.29) is 5.69 Å². The van der Waals surface area contributed by atoms with Crippen molar-refractivity contribution in [1.82, 2.24) is 15.3 Å². The molecule has 2 rings (SSSR count). The van der Waals surface area contributed by atoms with Crippen molar-refractivity contribution in [1.29, 1.82) is 0 Å². The summed E-state index contributed by atoms with van der Waals surface area (Å²) in [5.41, 5.74) is 1.68. The highest BCUT2D eigenvalue weighted by Gasteiger charge is 2.09. The monoisotopic (exact) mass is 292 g/mol. The third-order valence-corrected chi connectivity index (χ3v) is 3.05. The van der Waals surface area contributed by atoms with Crippen LogP contribution in [0.4, 0.5) is 5.69 Å². The summed E-state index contributed by atoms with van der Waals surface area (Å²) in [5, 5.41) is 14.2. The predicted octanol–water partition coefficient (Wildman–Crippen LogP) is 2.64. The highest BCUT2D eigenvalue weighted by Crippen LogP contribution is 2.22. The minimum absolute atomic E-state index is 0.00910. The molecular weight excluding hydrogens is 280 g/mol. The van der Waals surface area contributed by atoms with Crippen LogP contribution in [0.1, 0.15) is 17.1 Å². The summed E-state index contributed by atoms with van der Waals surface area (Å²) in [6.45, 7) is 2.92. The van der Waals surface area contributed by atoms with Gasteiger partial charge in [-0.25, -0.2) is 9.97 Å². The lowest BCUT2D eigenvalue weighted by Crippen LogP contribution is -2.14. The van der Waals surface area contributed by atoms with E-state index >= 15 is 0 Å². The Morgan fingerprint density at radius 2 is 2.15 bits per heavy atom. The summed E-state index contributed by atoms with van der Waals surface area (Å²) < 4.78 is 0. The van der Waals surface area contributed by atoms with E-state index in [1.54, 1.807) is 12.3 Å². The molecule has 0 atom stereocenters. The van der Waals surface area contributed by atoms with Crippen LogP contribution in [0.3, 0.4) is 0 Å².